The Balaban J connectivity index is 1.96. The Labute approximate surface area is 213 Å². The van der Waals surface area contributed by atoms with Gasteiger partial charge in [0.25, 0.3) is 5.56 Å². The van der Waals surface area contributed by atoms with Gasteiger partial charge in [0.05, 0.1) is 29.0 Å². The first-order valence-electron chi connectivity index (χ1n) is 11.7. The molecule has 8 heteroatoms. The van der Waals surface area contributed by atoms with Crippen LogP contribution in [0.5, 0.6) is 11.5 Å². The number of para-hydroxylation sites is 2. The summed E-state index contributed by atoms with van der Waals surface area (Å²) < 4.78 is 19.0. The fourth-order valence-corrected chi connectivity index (χ4v) is 5.14. The standard InChI is InChI=1S/C28H28N2O5S/c1-5-16-35-21-14-10-8-12-19(21)17-23-26(31)30-25(20-13-9-11-15-22(20)33-6-2)24(27(32)34-7-3)18(4)29-28(30)36-23/h5,8-15,17,25H,1,6-7,16H2,2-4H3/t25-/m1/s1. The van der Waals surface area contributed by atoms with Gasteiger partial charge in [-0.2, -0.15) is 0 Å². The Hall–Kier alpha value is -3.91. The predicted molar refractivity (Wildman–Crippen MR) is 140 cm³/mol. The van der Waals surface area contributed by atoms with Crippen LogP contribution in [-0.4, -0.2) is 30.4 Å². The van der Waals surface area contributed by atoms with Crippen LogP contribution in [-0.2, 0) is 9.53 Å². The largest absolute Gasteiger partial charge is 0.494 e. The number of fused-ring (bicyclic) bond motifs is 1. The molecule has 2 aromatic carbocycles. The molecule has 186 valence electrons. The van der Waals surface area contributed by atoms with Gasteiger partial charge in [-0.05, 0) is 39.0 Å². The lowest BCUT2D eigenvalue weighted by Crippen LogP contribution is -2.40. The first-order chi connectivity index (χ1) is 17.5. The maximum Gasteiger partial charge on any atom is 0.338 e. The topological polar surface area (TPSA) is 79.1 Å². The predicted octanol–water partition coefficient (Wildman–Crippen LogP) is 3.76. The Kier molecular flexibility index (Phi) is 7.85. The molecule has 1 aromatic heterocycles. The van der Waals surface area contributed by atoms with Crippen molar-refractivity contribution in [1.82, 2.24) is 4.57 Å². The number of thiazole rings is 1. The molecule has 36 heavy (non-hydrogen) atoms. The van der Waals surface area contributed by atoms with Crippen molar-refractivity contribution in [3.05, 3.63) is 103 Å². The summed E-state index contributed by atoms with van der Waals surface area (Å²) in [7, 11) is 0. The zero-order valence-electron chi connectivity index (χ0n) is 20.5. The molecule has 0 fully saturated rings. The first-order valence-corrected chi connectivity index (χ1v) is 12.6. The molecule has 0 aliphatic carbocycles. The van der Waals surface area contributed by atoms with E-state index in [0.29, 0.717) is 50.9 Å². The van der Waals surface area contributed by atoms with Crippen molar-refractivity contribution in [2.45, 2.75) is 26.8 Å². The van der Waals surface area contributed by atoms with E-state index in [0.717, 1.165) is 5.56 Å². The molecule has 3 aromatic rings. The molecule has 1 aliphatic heterocycles. The monoisotopic (exact) mass is 504 g/mol. The molecule has 0 amide bonds. The lowest BCUT2D eigenvalue weighted by Gasteiger charge is -2.26. The van der Waals surface area contributed by atoms with Crippen molar-refractivity contribution in [2.75, 3.05) is 19.8 Å². The van der Waals surface area contributed by atoms with Gasteiger partial charge in [-0.3, -0.25) is 9.36 Å². The molecule has 0 saturated heterocycles. The molecular formula is C28H28N2O5S. The minimum absolute atomic E-state index is 0.210. The number of hydrogen-bond acceptors (Lipinski definition) is 7. The van der Waals surface area contributed by atoms with Crippen LogP contribution >= 0.6 is 11.3 Å². The SMILES string of the molecule is C=CCOc1ccccc1C=c1sc2n(c1=O)[C@H](c1ccccc1OCC)C(C(=O)OCC)=C(C)N=2. The Morgan fingerprint density at radius 3 is 2.53 bits per heavy atom. The van der Waals surface area contributed by atoms with E-state index in [4.69, 9.17) is 14.2 Å². The second-order valence-electron chi connectivity index (χ2n) is 7.91. The number of rotatable bonds is 9. The molecule has 0 bridgehead atoms. The van der Waals surface area contributed by atoms with Crippen molar-refractivity contribution in [2.24, 2.45) is 4.99 Å². The van der Waals surface area contributed by atoms with Crippen LogP contribution in [0.2, 0.25) is 0 Å². The minimum atomic E-state index is -0.738. The lowest BCUT2D eigenvalue weighted by atomic mass is 9.95. The van der Waals surface area contributed by atoms with Crippen molar-refractivity contribution in [3.8, 4) is 11.5 Å². The van der Waals surface area contributed by atoms with Gasteiger partial charge in [0.1, 0.15) is 24.1 Å². The van der Waals surface area contributed by atoms with E-state index in [1.165, 1.54) is 11.3 Å². The molecule has 1 aliphatic rings. The summed E-state index contributed by atoms with van der Waals surface area (Å²) in [6.45, 7) is 10.1. The molecule has 1 atom stereocenters. The number of carbonyl (C=O) groups is 1. The van der Waals surface area contributed by atoms with Crippen molar-refractivity contribution in [1.29, 1.82) is 0 Å². The van der Waals surface area contributed by atoms with Gasteiger partial charge < -0.3 is 14.2 Å². The molecule has 0 saturated carbocycles. The van der Waals surface area contributed by atoms with Crippen LogP contribution < -0.4 is 24.4 Å². The van der Waals surface area contributed by atoms with E-state index in [1.807, 2.05) is 55.5 Å². The average molecular weight is 505 g/mol. The summed E-state index contributed by atoms with van der Waals surface area (Å²) >= 11 is 1.26. The smallest absolute Gasteiger partial charge is 0.338 e. The summed E-state index contributed by atoms with van der Waals surface area (Å²) in [4.78, 5) is 32.1. The average Bonchev–Trinajstić information content (AvgIpc) is 3.17. The Bertz CT molecular complexity index is 1500. The van der Waals surface area contributed by atoms with Gasteiger partial charge in [-0.15, -0.1) is 0 Å². The molecule has 7 nitrogen and oxygen atoms in total. The molecule has 0 unspecified atom stereocenters. The number of aromatic nitrogens is 1. The highest BCUT2D eigenvalue weighted by atomic mass is 32.1. The Morgan fingerprint density at radius 2 is 1.81 bits per heavy atom. The molecule has 0 radical (unpaired) electrons. The number of esters is 1. The van der Waals surface area contributed by atoms with Gasteiger partial charge in [-0.1, -0.05) is 60.4 Å². The summed E-state index contributed by atoms with van der Waals surface area (Å²) in [6.07, 6.45) is 3.46. The third-order valence-electron chi connectivity index (χ3n) is 5.59. The second-order valence-corrected chi connectivity index (χ2v) is 8.92. The molecule has 4 rings (SSSR count). The van der Waals surface area contributed by atoms with E-state index in [-0.39, 0.29) is 12.2 Å². The van der Waals surface area contributed by atoms with E-state index in [1.54, 1.807) is 30.6 Å². The fraction of sp³-hybridized carbons (Fsp3) is 0.250. The van der Waals surface area contributed by atoms with E-state index >= 15 is 0 Å². The van der Waals surface area contributed by atoms with E-state index < -0.39 is 12.0 Å². The van der Waals surface area contributed by atoms with Crippen molar-refractivity contribution in [3.63, 3.8) is 0 Å². The van der Waals surface area contributed by atoms with Gasteiger partial charge >= 0.3 is 5.97 Å². The number of carbonyl (C=O) groups excluding carboxylic acids is 1. The molecular weight excluding hydrogens is 476 g/mol. The zero-order chi connectivity index (χ0) is 25.7. The third-order valence-corrected chi connectivity index (χ3v) is 6.58. The molecule has 2 heterocycles. The maximum absolute atomic E-state index is 13.8. The second kappa shape index (κ2) is 11.2. The number of allylic oxidation sites excluding steroid dienone is 1. The van der Waals surface area contributed by atoms with Gasteiger partial charge in [0, 0.05) is 11.1 Å². The van der Waals surface area contributed by atoms with Crippen LogP contribution in [0.25, 0.3) is 6.08 Å². The van der Waals surface area contributed by atoms with Crippen LogP contribution in [0.1, 0.15) is 37.9 Å². The zero-order valence-corrected chi connectivity index (χ0v) is 21.3. The third kappa shape index (κ3) is 4.90. The maximum atomic E-state index is 13.8. The minimum Gasteiger partial charge on any atom is -0.494 e. The summed E-state index contributed by atoms with van der Waals surface area (Å²) in [5, 5.41) is 0. The van der Waals surface area contributed by atoms with Crippen LogP contribution in [0.4, 0.5) is 0 Å². The lowest BCUT2D eigenvalue weighted by molar-refractivity contribution is -0.139. The summed E-state index contributed by atoms with van der Waals surface area (Å²) in [5.41, 5.74) is 2.02. The first kappa shape index (κ1) is 25.2. The quantitative estimate of drug-likeness (QED) is 0.328. The molecule has 0 spiro atoms. The Morgan fingerprint density at radius 1 is 1.08 bits per heavy atom. The van der Waals surface area contributed by atoms with E-state index in [2.05, 4.69) is 11.6 Å². The highest BCUT2D eigenvalue weighted by Gasteiger charge is 2.35. The van der Waals surface area contributed by atoms with Crippen molar-refractivity contribution >= 4 is 23.4 Å². The van der Waals surface area contributed by atoms with Crippen LogP contribution in [0.15, 0.2) is 82.2 Å². The van der Waals surface area contributed by atoms with Gasteiger partial charge in [0.15, 0.2) is 4.80 Å². The van der Waals surface area contributed by atoms with Crippen LogP contribution in [0, 0.1) is 0 Å². The van der Waals surface area contributed by atoms with Gasteiger partial charge in [-0.25, -0.2) is 9.79 Å². The van der Waals surface area contributed by atoms with Gasteiger partial charge in [0.2, 0.25) is 0 Å². The number of nitrogens with zero attached hydrogens (tertiary/aromatic N) is 2. The molecule has 0 N–H and O–H groups in total. The summed E-state index contributed by atoms with van der Waals surface area (Å²) in [5.74, 6) is 0.733. The van der Waals surface area contributed by atoms with E-state index in [9.17, 15) is 9.59 Å². The number of benzene rings is 2. The highest BCUT2D eigenvalue weighted by Crippen LogP contribution is 2.35. The van der Waals surface area contributed by atoms with Crippen molar-refractivity contribution < 1.29 is 19.0 Å². The fourth-order valence-electron chi connectivity index (χ4n) is 4.10. The number of ether oxygens (including phenoxy) is 3. The number of hydrogen-bond donors (Lipinski definition) is 0. The van der Waals surface area contributed by atoms with Crippen LogP contribution in [0.3, 0.4) is 0 Å². The summed E-state index contributed by atoms with van der Waals surface area (Å²) in [6, 6.07) is 14.2. The highest BCUT2D eigenvalue weighted by molar-refractivity contribution is 7.07. The normalized spacial score (nSPS) is 15.2.